The molecule has 6 nitrogen and oxygen atoms in total. The van der Waals surface area contributed by atoms with Crippen LogP contribution in [0, 0.1) is 0 Å². The molecule has 124 valence electrons. The molecular weight excluding hydrogens is 350 g/mol. The van der Waals surface area contributed by atoms with Crippen molar-refractivity contribution in [2.24, 2.45) is 0 Å². The van der Waals surface area contributed by atoms with E-state index in [1.54, 1.807) is 12.1 Å². The van der Waals surface area contributed by atoms with Crippen LogP contribution in [0.4, 0.5) is 15.6 Å². The molecule has 1 heterocycles. The molecule has 0 spiro atoms. The first-order valence-corrected chi connectivity index (χ1v) is 8.15. The molecule has 0 aliphatic carbocycles. The molecule has 0 aliphatic heterocycles. The van der Waals surface area contributed by atoms with Crippen LogP contribution in [-0.2, 0) is 0 Å². The van der Waals surface area contributed by atoms with Gasteiger partial charge in [-0.2, -0.15) is 0 Å². The average Bonchev–Trinajstić information content (AvgIpc) is 2.97. The number of fused-ring (bicyclic) bond motifs is 1. The van der Waals surface area contributed by atoms with Crippen LogP contribution in [0.1, 0.15) is 0 Å². The molecule has 2 amide bonds. The maximum Gasteiger partial charge on any atom is 0.325 e. The standard InChI is InChI=1S/C16H14ClN3O3S/c1-22-12-8-13(23-2)11(7-9(12)17)18-15(21)20-16-19-10-5-3-4-6-14(10)24-16/h3-8H,1-2H3,(H2,18,19,20,21). The average molecular weight is 364 g/mol. The van der Waals surface area contributed by atoms with Gasteiger partial charge in [0.05, 0.1) is 35.1 Å². The minimum Gasteiger partial charge on any atom is -0.495 e. The van der Waals surface area contributed by atoms with Crippen LogP contribution < -0.4 is 20.1 Å². The molecule has 2 aromatic carbocycles. The number of thiazole rings is 1. The van der Waals surface area contributed by atoms with Gasteiger partial charge in [-0.05, 0) is 18.2 Å². The lowest BCUT2D eigenvalue weighted by Crippen LogP contribution is -2.19. The van der Waals surface area contributed by atoms with Gasteiger partial charge in [-0.3, -0.25) is 5.32 Å². The van der Waals surface area contributed by atoms with Gasteiger partial charge in [0.15, 0.2) is 5.13 Å². The van der Waals surface area contributed by atoms with E-state index in [1.807, 2.05) is 24.3 Å². The van der Waals surface area contributed by atoms with E-state index in [0.717, 1.165) is 10.2 Å². The fourth-order valence-electron chi connectivity index (χ4n) is 2.13. The van der Waals surface area contributed by atoms with Crippen LogP contribution in [0.15, 0.2) is 36.4 Å². The Labute approximate surface area is 147 Å². The molecular formula is C16H14ClN3O3S. The SMILES string of the molecule is COc1cc(OC)c(NC(=O)Nc2nc3ccccc3s2)cc1Cl. The number of nitrogens with zero attached hydrogens (tertiary/aromatic N) is 1. The third-order valence-electron chi connectivity index (χ3n) is 3.24. The summed E-state index contributed by atoms with van der Waals surface area (Å²) < 4.78 is 11.4. The summed E-state index contributed by atoms with van der Waals surface area (Å²) in [5, 5.41) is 6.28. The normalized spacial score (nSPS) is 10.5. The van der Waals surface area contributed by atoms with Crippen molar-refractivity contribution >= 4 is 50.0 Å². The second-order valence-corrected chi connectivity index (χ2v) is 6.19. The fourth-order valence-corrected chi connectivity index (χ4v) is 3.24. The first kappa shape index (κ1) is 16.4. The van der Waals surface area contributed by atoms with Gasteiger partial charge in [-0.25, -0.2) is 9.78 Å². The zero-order valence-corrected chi connectivity index (χ0v) is 14.5. The lowest BCUT2D eigenvalue weighted by molar-refractivity contribution is 0.262. The van der Waals surface area contributed by atoms with Crippen molar-refractivity contribution in [1.82, 2.24) is 4.98 Å². The zero-order chi connectivity index (χ0) is 17.1. The minimum atomic E-state index is -0.436. The summed E-state index contributed by atoms with van der Waals surface area (Å²) in [6.45, 7) is 0. The second-order valence-electron chi connectivity index (χ2n) is 4.75. The van der Waals surface area contributed by atoms with Crippen LogP contribution in [-0.4, -0.2) is 25.2 Å². The quantitative estimate of drug-likeness (QED) is 0.709. The molecule has 0 radical (unpaired) electrons. The number of hydrogen-bond acceptors (Lipinski definition) is 5. The fraction of sp³-hybridized carbons (Fsp3) is 0.125. The number of ether oxygens (including phenoxy) is 2. The van der Waals surface area contributed by atoms with E-state index in [9.17, 15) is 4.79 Å². The number of para-hydroxylation sites is 1. The molecule has 0 fully saturated rings. The second kappa shape index (κ2) is 6.94. The Morgan fingerprint density at radius 1 is 1.12 bits per heavy atom. The molecule has 8 heteroatoms. The first-order chi connectivity index (χ1) is 11.6. The summed E-state index contributed by atoms with van der Waals surface area (Å²) in [5.74, 6) is 0.904. The predicted molar refractivity (Wildman–Crippen MR) is 96.8 cm³/mol. The largest absolute Gasteiger partial charge is 0.495 e. The van der Waals surface area contributed by atoms with E-state index in [2.05, 4.69) is 15.6 Å². The van der Waals surface area contributed by atoms with Crippen LogP contribution in [0.5, 0.6) is 11.5 Å². The minimum absolute atomic E-state index is 0.369. The molecule has 1 aromatic heterocycles. The lowest BCUT2D eigenvalue weighted by Gasteiger charge is -2.13. The molecule has 0 aliphatic rings. The van der Waals surface area contributed by atoms with Gasteiger partial charge >= 0.3 is 6.03 Å². The summed E-state index contributed by atoms with van der Waals surface area (Å²) >= 11 is 7.49. The van der Waals surface area contributed by atoms with E-state index in [0.29, 0.717) is 27.3 Å². The van der Waals surface area contributed by atoms with E-state index in [-0.39, 0.29) is 0 Å². The van der Waals surface area contributed by atoms with Gasteiger partial charge in [0.25, 0.3) is 0 Å². The van der Waals surface area contributed by atoms with Crippen molar-refractivity contribution in [2.75, 3.05) is 24.9 Å². The van der Waals surface area contributed by atoms with Crippen molar-refractivity contribution in [1.29, 1.82) is 0 Å². The Morgan fingerprint density at radius 2 is 1.88 bits per heavy atom. The number of amides is 2. The van der Waals surface area contributed by atoms with Crippen molar-refractivity contribution < 1.29 is 14.3 Å². The molecule has 2 N–H and O–H groups in total. The summed E-state index contributed by atoms with van der Waals surface area (Å²) in [4.78, 5) is 16.6. The zero-order valence-electron chi connectivity index (χ0n) is 12.9. The number of halogens is 1. The van der Waals surface area contributed by atoms with Gasteiger partial charge in [-0.1, -0.05) is 35.1 Å². The van der Waals surface area contributed by atoms with Crippen LogP contribution >= 0.6 is 22.9 Å². The summed E-state index contributed by atoms with van der Waals surface area (Å²) in [5.41, 5.74) is 1.27. The van der Waals surface area contributed by atoms with E-state index >= 15 is 0 Å². The molecule has 0 bridgehead atoms. The van der Waals surface area contributed by atoms with Gasteiger partial charge in [0, 0.05) is 6.07 Å². The van der Waals surface area contributed by atoms with E-state index in [4.69, 9.17) is 21.1 Å². The van der Waals surface area contributed by atoms with Gasteiger partial charge < -0.3 is 14.8 Å². The third kappa shape index (κ3) is 3.37. The molecule has 0 atom stereocenters. The van der Waals surface area contributed by atoms with Crippen molar-refractivity contribution in [3.05, 3.63) is 41.4 Å². The van der Waals surface area contributed by atoms with Crippen LogP contribution in [0.25, 0.3) is 10.2 Å². The third-order valence-corrected chi connectivity index (χ3v) is 4.48. The van der Waals surface area contributed by atoms with Gasteiger partial charge in [-0.15, -0.1) is 0 Å². The Balaban J connectivity index is 1.78. The number of benzene rings is 2. The summed E-state index contributed by atoms with van der Waals surface area (Å²) in [6.07, 6.45) is 0. The molecule has 0 saturated carbocycles. The lowest BCUT2D eigenvalue weighted by atomic mass is 10.2. The number of carbonyl (C=O) groups is 1. The number of anilines is 2. The number of methoxy groups -OCH3 is 2. The molecule has 3 aromatic rings. The number of nitrogens with one attached hydrogen (secondary N) is 2. The van der Waals surface area contributed by atoms with Gasteiger partial charge in [0.2, 0.25) is 0 Å². The van der Waals surface area contributed by atoms with Crippen molar-refractivity contribution in [3.8, 4) is 11.5 Å². The molecule has 24 heavy (non-hydrogen) atoms. The summed E-state index contributed by atoms with van der Waals surface area (Å²) in [7, 11) is 3.01. The maximum absolute atomic E-state index is 12.2. The Hall–Kier alpha value is -2.51. The number of aromatic nitrogens is 1. The highest BCUT2D eigenvalue weighted by Gasteiger charge is 2.13. The highest BCUT2D eigenvalue weighted by molar-refractivity contribution is 7.22. The molecule has 0 saturated heterocycles. The van der Waals surface area contributed by atoms with E-state index < -0.39 is 6.03 Å². The maximum atomic E-state index is 12.2. The number of carbonyl (C=O) groups excluding carboxylic acids is 1. The highest BCUT2D eigenvalue weighted by atomic mass is 35.5. The topological polar surface area (TPSA) is 72.5 Å². The number of urea groups is 1. The van der Waals surface area contributed by atoms with Crippen molar-refractivity contribution in [2.45, 2.75) is 0 Å². The van der Waals surface area contributed by atoms with Crippen molar-refractivity contribution in [3.63, 3.8) is 0 Å². The number of hydrogen-bond donors (Lipinski definition) is 2. The Bertz CT molecular complexity index is 864. The molecule has 3 rings (SSSR count). The smallest absolute Gasteiger partial charge is 0.325 e. The van der Waals surface area contributed by atoms with Gasteiger partial charge in [0.1, 0.15) is 11.5 Å². The monoisotopic (exact) mass is 363 g/mol. The Kier molecular flexibility index (Phi) is 4.73. The summed E-state index contributed by atoms with van der Waals surface area (Å²) in [6, 6.07) is 10.4. The Morgan fingerprint density at radius 3 is 2.58 bits per heavy atom. The first-order valence-electron chi connectivity index (χ1n) is 6.96. The van der Waals surface area contributed by atoms with Crippen LogP contribution in [0.3, 0.4) is 0 Å². The van der Waals surface area contributed by atoms with Crippen LogP contribution in [0.2, 0.25) is 5.02 Å². The predicted octanol–water partition coefficient (Wildman–Crippen LogP) is 4.61. The van der Waals surface area contributed by atoms with E-state index in [1.165, 1.54) is 25.6 Å². The molecule has 0 unspecified atom stereocenters. The highest BCUT2D eigenvalue weighted by Crippen LogP contribution is 2.36. The number of rotatable bonds is 4.